The molecule has 0 saturated carbocycles. The fraction of sp³-hybridized carbons (Fsp3) is 0.692. The highest BCUT2D eigenvalue weighted by molar-refractivity contribution is 7.24. The largest absolute Gasteiger partial charge is 0.173 e. The van der Waals surface area contributed by atoms with Crippen molar-refractivity contribution in [2.45, 2.75) is 463 Å². The molecule has 0 atom stereocenters. The van der Waals surface area contributed by atoms with E-state index in [1.54, 1.807) is 58.6 Å². The summed E-state index contributed by atoms with van der Waals surface area (Å²) >= 11 is 9.87. The van der Waals surface area contributed by atoms with E-state index in [0.29, 0.717) is 11.8 Å². The van der Waals surface area contributed by atoms with Crippen LogP contribution in [0.15, 0.2) is 60.7 Å². The van der Waals surface area contributed by atoms with Crippen molar-refractivity contribution in [3.63, 3.8) is 0 Å². The normalized spacial score (nSPS) is 13.7. The average molecular weight is 1590 g/mol. The lowest BCUT2D eigenvalue weighted by Crippen LogP contribution is -2.27. The van der Waals surface area contributed by atoms with Crippen LogP contribution >= 0.6 is 57.1 Å². The molecule has 0 bridgehead atoms. The van der Waals surface area contributed by atoms with Crippen LogP contribution in [-0.4, -0.2) is 8.75 Å². The van der Waals surface area contributed by atoms with Gasteiger partial charge in [0.1, 0.15) is 11.0 Å². The van der Waals surface area contributed by atoms with Crippen LogP contribution in [0.1, 0.15) is 485 Å². The summed E-state index contributed by atoms with van der Waals surface area (Å²) in [6.07, 6.45) is 83.8. The zero-order valence-corrected chi connectivity index (χ0v) is 76.4. The van der Waals surface area contributed by atoms with E-state index in [2.05, 4.69) is 150 Å². The van der Waals surface area contributed by atoms with Crippen molar-refractivity contribution in [1.29, 1.82) is 0 Å². The number of fused-ring (bicyclic) bond motifs is 13. The van der Waals surface area contributed by atoms with Crippen molar-refractivity contribution in [1.82, 2.24) is 8.75 Å². The van der Waals surface area contributed by atoms with Gasteiger partial charge < -0.3 is 0 Å². The van der Waals surface area contributed by atoms with E-state index in [1.807, 2.05) is 11.3 Å². The minimum Gasteiger partial charge on any atom is -0.173 e. The van der Waals surface area contributed by atoms with Crippen molar-refractivity contribution in [3.05, 3.63) is 93.4 Å². The summed E-state index contributed by atoms with van der Waals surface area (Å²) in [5.41, 5.74) is 14.9. The Morgan fingerprint density at radius 2 is 0.586 bits per heavy atom. The summed E-state index contributed by atoms with van der Waals surface area (Å²) in [6.45, 7) is 18.8. The van der Waals surface area contributed by atoms with Crippen LogP contribution in [0.3, 0.4) is 0 Å². The molecule has 0 spiro atoms. The second-order valence-corrected chi connectivity index (χ2v) is 41.4. The van der Waals surface area contributed by atoms with E-state index < -0.39 is 0 Å². The second kappa shape index (κ2) is 47.8. The van der Waals surface area contributed by atoms with Crippen LogP contribution in [0.2, 0.25) is 0 Å². The Kier molecular flexibility index (Phi) is 38.1. The fourth-order valence-electron chi connectivity index (χ4n) is 20.4. The van der Waals surface area contributed by atoms with Gasteiger partial charge in [0.15, 0.2) is 0 Å². The van der Waals surface area contributed by atoms with Crippen LogP contribution < -0.4 is 0 Å². The molecule has 9 aromatic rings. The van der Waals surface area contributed by atoms with Gasteiger partial charge in [0, 0.05) is 54.7 Å². The van der Waals surface area contributed by atoms with Gasteiger partial charge in [0.2, 0.25) is 0 Å². The minimum atomic E-state index is -0.0354. The molecule has 4 aromatic carbocycles. The predicted molar refractivity (Wildman–Crippen MR) is 505 cm³/mol. The molecule has 11 rings (SSSR count). The van der Waals surface area contributed by atoms with Crippen LogP contribution in [0, 0.1) is 0 Å². The van der Waals surface area contributed by atoms with E-state index >= 15 is 0 Å². The molecule has 2 aliphatic rings. The smallest absolute Gasteiger partial charge is 0.113 e. The summed E-state index contributed by atoms with van der Waals surface area (Å²) in [5, 5.41) is 6.03. The number of hydrogen-bond acceptors (Lipinski definition) is 7. The Labute approximate surface area is 699 Å². The van der Waals surface area contributed by atoms with Gasteiger partial charge in [-0.05, 0) is 147 Å². The lowest BCUT2D eigenvalue weighted by molar-refractivity contribution is 0.396. The molecule has 0 unspecified atom stereocenters. The molecule has 0 amide bonds. The molecule has 5 heterocycles. The quantitative estimate of drug-likeness (QED) is 0.0355. The number of aromatic nitrogens is 2. The van der Waals surface area contributed by atoms with Gasteiger partial charge in [-0.15, -0.1) is 45.3 Å². The van der Waals surface area contributed by atoms with E-state index in [9.17, 15) is 0 Å². The highest BCUT2D eigenvalue weighted by Crippen LogP contribution is 2.66. The first-order valence-electron chi connectivity index (χ1n) is 48.1. The lowest BCUT2D eigenvalue weighted by atomic mass is 9.68. The van der Waals surface area contributed by atoms with Crippen LogP contribution in [0.4, 0.5) is 0 Å². The Balaban J connectivity index is 0.949. The summed E-state index contributed by atoms with van der Waals surface area (Å²) in [4.78, 5) is 6.16. The monoisotopic (exact) mass is 1590 g/mol. The SMILES string of the molecule is CCCCCCCCCCCCCCCCC1(CCCCCCCCCCCCCCCC)c2cc3c(cc2-c2sc4cc5cc(-c6ccc(C(C)C)c7nsnc67)sc5cc4c21)C(CCCCCCCCCCCCCCCC)(CCCCCCCCCCCCCCCC)c1c-3sc2cc3cc(C(C)C)sc3cc12. The number of unbranched alkanes of at least 4 members (excludes halogenated alkanes) is 52. The van der Waals surface area contributed by atoms with Crippen molar-refractivity contribution in [2.75, 3.05) is 0 Å². The summed E-state index contributed by atoms with van der Waals surface area (Å²) in [7, 11) is 0. The first-order valence-corrected chi connectivity index (χ1v) is 52.1. The Bertz CT molecular complexity index is 4050. The van der Waals surface area contributed by atoms with Crippen molar-refractivity contribution >= 4 is 108 Å². The Hall–Kier alpha value is -3.46. The number of hydrogen-bond donors (Lipinski definition) is 0. The molecule has 0 saturated heterocycles. The van der Waals surface area contributed by atoms with E-state index in [0.717, 1.165) is 11.0 Å². The molecule has 0 aliphatic heterocycles. The molecule has 612 valence electrons. The molecule has 2 nitrogen and oxygen atoms in total. The third-order valence-electron chi connectivity index (χ3n) is 27.0. The maximum absolute atomic E-state index is 5.02. The van der Waals surface area contributed by atoms with Crippen molar-refractivity contribution in [2.24, 2.45) is 0 Å². The lowest BCUT2D eigenvalue weighted by Gasteiger charge is -2.35. The number of benzene rings is 4. The molecule has 0 N–H and O–H groups in total. The van der Waals surface area contributed by atoms with Crippen LogP contribution in [0.25, 0.3) is 82.7 Å². The number of thiophene rings is 4. The minimum absolute atomic E-state index is 0.00594. The summed E-state index contributed by atoms with van der Waals surface area (Å²) < 4.78 is 15.9. The van der Waals surface area contributed by atoms with Gasteiger partial charge in [-0.3, -0.25) is 0 Å². The summed E-state index contributed by atoms with van der Waals surface area (Å²) in [6, 6.07) is 26.5. The van der Waals surface area contributed by atoms with Crippen molar-refractivity contribution in [3.8, 4) is 31.3 Å². The molecule has 0 fully saturated rings. The molecule has 0 radical (unpaired) electrons. The molecular weight excluding hydrogens is 1440 g/mol. The predicted octanol–water partition coefficient (Wildman–Crippen LogP) is 38.5. The molecule has 2 aliphatic carbocycles. The van der Waals surface area contributed by atoms with Gasteiger partial charge in [-0.25, -0.2) is 0 Å². The van der Waals surface area contributed by atoms with Gasteiger partial charge in [0.05, 0.1) is 11.7 Å². The fourth-order valence-corrected chi connectivity index (χ4v) is 25.9. The molecular formula is C104H156N2S5. The highest BCUT2D eigenvalue weighted by Gasteiger charge is 2.50. The third-order valence-corrected chi connectivity index (χ3v) is 32.5. The molecule has 111 heavy (non-hydrogen) atoms. The Morgan fingerprint density at radius 1 is 0.279 bits per heavy atom. The first kappa shape index (κ1) is 88.4. The van der Waals surface area contributed by atoms with E-state index in [1.165, 1.54) is 443 Å². The van der Waals surface area contributed by atoms with E-state index in [-0.39, 0.29) is 10.8 Å². The number of nitrogens with zero attached hydrogens (tertiary/aromatic N) is 2. The van der Waals surface area contributed by atoms with Gasteiger partial charge in [0.25, 0.3) is 0 Å². The molecule has 5 aromatic heterocycles. The maximum Gasteiger partial charge on any atom is 0.113 e. The highest BCUT2D eigenvalue weighted by atomic mass is 32.1. The Morgan fingerprint density at radius 3 is 0.910 bits per heavy atom. The zero-order chi connectivity index (χ0) is 77.3. The average Bonchev–Trinajstić information content (AvgIpc) is 1.51. The van der Waals surface area contributed by atoms with Crippen LogP contribution in [-0.2, 0) is 10.8 Å². The first-order chi connectivity index (χ1) is 54.6. The second-order valence-electron chi connectivity index (χ2n) is 36.6. The summed E-state index contributed by atoms with van der Waals surface area (Å²) in [5.74, 6) is 0.947. The topological polar surface area (TPSA) is 25.8 Å². The van der Waals surface area contributed by atoms with Gasteiger partial charge in [-0.2, -0.15) is 8.75 Å². The molecule has 7 heteroatoms. The standard InChI is InChI=1S/C104H156N2S5/c1-9-13-17-21-25-29-33-37-41-45-49-53-57-61-67-103(68-62-58-54-50-46-42-38-34-30-26-22-18-14-10-2)89-76-86-90(75-85(89)101-97(103)87-77-92-81(73-95(87)109-101)71-91(107-92)80(7)8)104(69-63-59-55-51-47-43-39-35-31-27-23-19-15-11-3,70-64-60-56-52-48-44-40-36-32-28-24-20-16-12-4)98-88-78-93-82(74-96(88)110-102(86)98)72-94(108-93)84-66-65-83(79(5)6)99-100(84)106-111-105-99/h65-66,71-80H,9-64,67-70H2,1-8H3. The third kappa shape index (κ3) is 24.2. The van der Waals surface area contributed by atoms with Crippen molar-refractivity contribution < 1.29 is 0 Å². The number of rotatable bonds is 63. The van der Waals surface area contributed by atoms with Gasteiger partial charge >= 0.3 is 0 Å². The van der Waals surface area contributed by atoms with E-state index in [4.69, 9.17) is 8.75 Å². The van der Waals surface area contributed by atoms with Crippen LogP contribution in [0.5, 0.6) is 0 Å². The zero-order valence-electron chi connectivity index (χ0n) is 72.3. The van der Waals surface area contributed by atoms with Gasteiger partial charge in [-0.1, -0.05) is 427 Å². The maximum atomic E-state index is 5.02.